The van der Waals surface area contributed by atoms with Crippen molar-refractivity contribution in [3.63, 3.8) is 0 Å². The average molecular weight is 313 g/mol. The first-order valence-corrected chi connectivity index (χ1v) is 7.44. The second-order valence-electron chi connectivity index (χ2n) is 5.37. The van der Waals surface area contributed by atoms with E-state index in [9.17, 15) is 4.79 Å². The van der Waals surface area contributed by atoms with Gasteiger partial charge in [0, 0.05) is 23.9 Å². The number of ketones is 1. The average Bonchev–Trinajstić information content (AvgIpc) is 3.00. The van der Waals surface area contributed by atoms with Crippen molar-refractivity contribution >= 4 is 11.5 Å². The molecule has 0 bridgehead atoms. The molecule has 2 aromatic rings. The molecule has 2 heterocycles. The van der Waals surface area contributed by atoms with Crippen LogP contribution in [0, 0.1) is 6.92 Å². The van der Waals surface area contributed by atoms with Gasteiger partial charge in [-0.1, -0.05) is 0 Å². The van der Waals surface area contributed by atoms with E-state index in [-0.39, 0.29) is 5.78 Å². The molecule has 1 aliphatic rings. The highest BCUT2D eigenvalue weighted by Crippen LogP contribution is 2.34. The number of hydrogen-bond donors (Lipinski definition) is 1. The molecule has 0 unspecified atom stereocenters. The van der Waals surface area contributed by atoms with E-state index in [1.807, 2.05) is 19.1 Å². The summed E-state index contributed by atoms with van der Waals surface area (Å²) in [6.07, 6.45) is 2.43. The Balaban J connectivity index is 2.00. The van der Waals surface area contributed by atoms with Crippen LogP contribution in [0.15, 0.2) is 34.8 Å². The predicted molar refractivity (Wildman–Crippen MR) is 87.0 cm³/mol. The zero-order valence-corrected chi connectivity index (χ0v) is 13.4. The molecule has 0 radical (unpaired) electrons. The summed E-state index contributed by atoms with van der Waals surface area (Å²) in [5.74, 6) is 2.23. The number of fused-ring (bicyclic) bond motifs is 1. The topological polar surface area (TPSA) is 60.7 Å². The molecule has 1 N–H and O–H groups in total. The lowest BCUT2D eigenvalue weighted by Crippen LogP contribution is -2.23. The van der Waals surface area contributed by atoms with Crippen molar-refractivity contribution in [2.24, 2.45) is 0 Å². The highest BCUT2D eigenvalue weighted by Gasteiger charge is 2.19. The van der Waals surface area contributed by atoms with E-state index in [0.717, 1.165) is 35.5 Å². The van der Waals surface area contributed by atoms with Crippen LogP contribution >= 0.6 is 0 Å². The number of carbonyl (C=O) groups is 1. The standard InChI is InChI=1S/C18H19NO4/c1-11-4-5-16(23-11)15(20)10-14-13-9-18(22-3)17(21-2)8-12(13)6-7-19-14/h4-5,8-10,19H,6-7H2,1-3H3/b14-10-. The molecule has 1 aromatic heterocycles. The first-order chi connectivity index (χ1) is 11.1. The number of rotatable bonds is 4. The van der Waals surface area contributed by atoms with Gasteiger partial charge < -0.3 is 19.2 Å². The Morgan fingerprint density at radius 3 is 2.61 bits per heavy atom. The summed E-state index contributed by atoms with van der Waals surface area (Å²) < 4.78 is 16.1. The smallest absolute Gasteiger partial charge is 0.223 e. The molecule has 3 rings (SSSR count). The number of ether oxygens (including phenoxy) is 2. The molecular weight excluding hydrogens is 294 g/mol. The Morgan fingerprint density at radius 1 is 1.22 bits per heavy atom. The maximum atomic E-state index is 12.3. The fourth-order valence-electron chi connectivity index (χ4n) is 2.70. The Morgan fingerprint density at radius 2 is 1.96 bits per heavy atom. The van der Waals surface area contributed by atoms with Crippen molar-refractivity contribution in [3.8, 4) is 11.5 Å². The van der Waals surface area contributed by atoms with Crippen LogP contribution in [-0.2, 0) is 6.42 Å². The van der Waals surface area contributed by atoms with Crippen molar-refractivity contribution < 1.29 is 18.7 Å². The molecule has 0 saturated heterocycles. The lowest BCUT2D eigenvalue weighted by molar-refractivity contribution is 0.102. The van der Waals surface area contributed by atoms with E-state index >= 15 is 0 Å². The number of methoxy groups -OCH3 is 2. The van der Waals surface area contributed by atoms with E-state index in [0.29, 0.717) is 17.3 Å². The van der Waals surface area contributed by atoms with Crippen LogP contribution in [0.5, 0.6) is 11.5 Å². The van der Waals surface area contributed by atoms with Crippen molar-refractivity contribution in [2.75, 3.05) is 20.8 Å². The van der Waals surface area contributed by atoms with Gasteiger partial charge in [0.15, 0.2) is 17.3 Å². The van der Waals surface area contributed by atoms with Gasteiger partial charge in [-0.2, -0.15) is 0 Å². The fourth-order valence-corrected chi connectivity index (χ4v) is 2.70. The third-order valence-corrected chi connectivity index (χ3v) is 3.87. The minimum atomic E-state index is -0.164. The molecule has 0 atom stereocenters. The van der Waals surface area contributed by atoms with Crippen molar-refractivity contribution in [1.29, 1.82) is 0 Å². The lowest BCUT2D eigenvalue weighted by atomic mass is 9.96. The van der Waals surface area contributed by atoms with E-state index in [2.05, 4.69) is 5.32 Å². The van der Waals surface area contributed by atoms with E-state index in [1.54, 1.807) is 32.4 Å². The maximum absolute atomic E-state index is 12.3. The van der Waals surface area contributed by atoms with Crippen LogP contribution in [0.1, 0.15) is 27.4 Å². The first kappa shape index (κ1) is 15.2. The number of aryl methyl sites for hydroxylation is 1. The molecule has 120 valence electrons. The summed E-state index contributed by atoms with van der Waals surface area (Å²) in [6, 6.07) is 7.33. The summed E-state index contributed by atoms with van der Waals surface area (Å²) in [4.78, 5) is 12.3. The molecule has 23 heavy (non-hydrogen) atoms. The fraction of sp³-hybridized carbons (Fsp3) is 0.278. The van der Waals surface area contributed by atoms with Gasteiger partial charge in [-0.05, 0) is 43.2 Å². The molecular formula is C18H19NO4. The molecule has 1 aliphatic heterocycles. The largest absolute Gasteiger partial charge is 0.493 e. The molecule has 0 spiro atoms. The second kappa shape index (κ2) is 6.20. The normalized spacial score (nSPS) is 15.0. The van der Waals surface area contributed by atoms with Crippen LogP contribution in [0.3, 0.4) is 0 Å². The first-order valence-electron chi connectivity index (χ1n) is 7.44. The van der Waals surface area contributed by atoms with E-state index < -0.39 is 0 Å². The highest BCUT2D eigenvalue weighted by atomic mass is 16.5. The van der Waals surface area contributed by atoms with Gasteiger partial charge in [0.1, 0.15) is 5.76 Å². The summed E-state index contributed by atoms with van der Waals surface area (Å²) >= 11 is 0. The Hall–Kier alpha value is -2.69. The van der Waals surface area contributed by atoms with Gasteiger partial charge in [0.05, 0.1) is 14.2 Å². The zero-order chi connectivity index (χ0) is 16.4. The number of furan rings is 1. The number of hydrogen-bond acceptors (Lipinski definition) is 5. The second-order valence-corrected chi connectivity index (χ2v) is 5.37. The number of nitrogens with one attached hydrogen (secondary N) is 1. The third kappa shape index (κ3) is 2.95. The Bertz CT molecular complexity index is 773. The van der Waals surface area contributed by atoms with Gasteiger partial charge in [0.2, 0.25) is 5.78 Å². The molecule has 5 nitrogen and oxygen atoms in total. The van der Waals surface area contributed by atoms with Crippen LogP contribution < -0.4 is 14.8 Å². The lowest BCUT2D eigenvalue weighted by Gasteiger charge is -2.23. The predicted octanol–water partition coefficient (Wildman–Crippen LogP) is 2.97. The van der Waals surface area contributed by atoms with E-state index in [1.165, 1.54) is 0 Å². The van der Waals surface area contributed by atoms with Crippen molar-refractivity contribution in [1.82, 2.24) is 5.32 Å². The maximum Gasteiger partial charge on any atom is 0.223 e. The summed E-state index contributed by atoms with van der Waals surface area (Å²) in [7, 11) is 3.21. The molecule has 0 saturated carbocycles. The summed E-state index contributed by atoms with van der Waals surface area (Å²) in [5.41, 5.74) is 2.84. The molecule has 0 fully saturated rings. The molecule has 5 heteroatoms. The zero-order valence-electron chi connectivity index (χ0n) is 13.4. The molecule has 0 aliphatic carbocycles. The van der Waals surface area contributed by atoms with Crippen molar-refractivity contribution in [3.05, 3.63) is 53.0 Å². The van der Waals surface area contributed by atoms with Gasteiger partial charge in [-0.3, -0.25) is 4.79 Å². The highest BCUT2D eigenvalue weighted by molar-refractivity contribution is 6.06. The van der Waals surface area contributed by atoms with Gasteiger partial charge >= 0.3 is 0 Å². The van der Waals surface area contributed by atoms with Gasteiger partial charge in [-0.15, -0.1) is 0 Å². The van der Waals surface area contributed by atoms with Crippen LogP contribution in [0.25, 0.3) is 5.70 Å². The number of carbonyl (C=O) groups excluding carboxylic acids is 1. The Kier molecular flexibility index (Phi) is 4.10. The number of allylic oxidation sites excluding steroid dienone is 1. The molecule has 0 amide bonds. The van der Waals surface area contributed by atoms with E-state index in [4.69, 9.17) is 13.9 Å². The Labute approximate surface area is 134 Å². The van der Waals surface area contributed by atoms with Crippen LogP contribution in [-0.4, -0.2) is 26.5 Å². The third-order valence-electron chi connectivity index (χ3n) is 3.87. The summed E-state index contributed by atoms with van der Waals surface area (Å²) in [6.45, 7) is 2.58. The van der Waals surface area contributed by atoms with Crippen molar-refractivity contribution in [2.45, 2.75) is 13.3 Å². The number of benzene rings is 1. The quantitative estimate of drug-likeness (QED) is 0.694. The minimum absolute atomic E-state index is 0.164. The SMILES string of the molecule is COc1cc2c(cc1OC)/C(=C/C(=O)c1ccc(C)o1)NCC2. The summed E-state index contributed by atoms with van der Waals surface area (Å²) in [5, 5.41) is 3.27. The van der Waals surface area contributed by atoms with Crippen LogP contribution in [0.4, 0.5) is 0 Å². The van der Waals surface area contributed by atoms with Gasteiger partial charge in [-0.25, -0.2) is 0 Å². The molecule has 1 aromatic carbocycles. The van der Waals surface area contributed by atoms with Crippen LogP contribution in [0.2, 0.25) is 0 Å². The monoisotopic (exact) mass is 313 g/mol. The van der Waals surface area contributed by atoms with Gasteiger partial charge in [0.25, 0.3) is 0 Å². The minimum Gasteiger partial charge on any atom is -0.493 e.